The van der Waals surface area contributed by atoms with Gasteiger partial charge < -0.3 is 9.84 Å². The van der Waals surface area contributed by atoms with Gasteiger partial charge in [-0.25, -0.2) is 4.79 Å². The molecule has 0 aliphatic heterocycles. The lowest BCUT2D eigenvalue weighted by Crippen LogP contribution is -2.05. The molecule has 8 heavy (non-hydrogen) atoms. The molecule has 0 saturated carbocycles. The highest BCUT2D eigenvalue weighted by Crippen LogP contribution is 2.02. The molecule has 3 nitrogen and oxygen atoms in total. The van der Waals surface area contributed by atoms with E-state index >= 15 is 0 Å². The highest BCUT2D eigenvalue weighted by atomic mass is 127. The Morgan fingerprint density at radius 2 is 2.50 bits per heavy atom. The van der Waals surface area contributed by atoms with Crippen LogP contribution >= 0.6 is 22.6 Å². The van der Waals surface area contributed by atoms with Crippen molar-refractivity contribution in [3.63, 3.8) is 0 Å². The van der Waals surface area contributed by atoms with E-state index in [9.17, 15) is 4.79 Å². The number of rotatable bonds is 2. The van der Waals surface area contributed by atoms with Gasteiger partial charge in [0.2, 0.25) is 0 Å². The van der Waals surface area contributed by atoms with Crippen LogP contribution in [0.1, 0.15) is 0 Å². The fraction of sp³-hybridized carbons (Fsp3) is 0.250. The van der Waals surface area contributed by atoms with Gasteiger partial charge in [0.15, 0.2) is 4.11 Å². The van der Waals surface area contributed by atoms with Crippen molar-refractivity contribution in [2.45, 2.75) is 4.11 Å². The lowest BCUT2D eigenvalue weighted by molar-refractivity contribution is 0.0974. The average molecular weight is 228 g/mol. The Morgan fingerprint density at radius 1 is 2.00 bits per heavy atom. The Balaban J connectivity index is 3.38. The average Bonchev–Trinajstić information content (AvgIpc) is 1.65. The van der Waals surface area contributed by atoms with Gasteiger partial charge in [-0.1, -0.05) is 6.58 Å². The maximum absolute atomic E-state index is 9.69. The van der Waals surface area contributed by atoms with E-state index in [2.05, 4.69) is 11.3 Å². The predicted molar refractivity (Wildman–Crippen MR) is 37.1 cm³/mol. The molecule has 0 aromatic rings. The molecule has 0 radical (unpaired) electrons. The molecule has 0 bridgehead atoms. The van der Waals surface area contributed by atoms with Gasteiger partial charge in [-0.2, -0.15) is 0 Å². The molecule has 0 heterocycles. The third-order valence-electron chi connectivity index (χ3n) is 0.399. The van der Waals surface area contributed by atoms with E-state index in [1.165, 1.54) is 6.08 Å². The molecule has 4 heteroatoms. The summed E-state index contributed by atoms with van der Waals surface area (Å²) in [5.74, 6) is 0. The number of halogens is 1. The standard InChI is InChI=1S/C4H5IO3/c1-2-3(5)8-4(6)7/h2-3H,1H2,(H,6,7). The highest BCUT2D eigenvalue weighted by Gasteiger charge is 2.01. The minimum atomic E-state index is -1.27. The largest absolute Gasteiger partial charge is 0.507 e. The van der Waals surface area contributed by atoms with Crippen LogP contribution in [0.15, 0.2) is 12.7 Å². The molecule has 0 aromatic carbocycles. The minimum Gasteiger partial charge on any atom is -0.450 e. The molecule has 46 valence electrons. The zero-order valence-corrected chi connectivity index (χ0v) is 6.16. The van der Waals surface area contributed by atoms with E-state index < -0.39 is 10.3 Å². The Labute approximate surface area is 60.5 Å². The van der Waals surface area contributed by atoms with Gasteiger partial charge in [-0.15, -0.1) is 0 Å². The molecule has 0 fully saturated rings. The van der Waals surface area contributed by atoms with E-state index in [0.717, 1.165) is 0 Å². The van der Waals surface area contributed by atoms with Crippen molar-refractivity contribution in [3.05, 3.63) is 12.7 Å². The summed E-state index contributed by atoms with van der Waals surface area (Å²) >= 11 is 1.80. The first kappa shape index (κ1) is 7.74. The third-order valence-corrected chi connectivity index (χ3v) is 1.16. The molecule has 0 rings (SSSR count). The summed E-state index contributed by atoms with van der Waals surface area (Å²) in [6.07, 6.45) is 0.124. The van der Waals surface area contributed by atoms with Crippen LogP contribution in [0.5, 0.6) is 0 Å². The first-order valence-corrected chi connectivity index (χ1v) is 3.07. The lowest BCUT2D eigenvalue weighted by Gasteiger charge is -1.99. The molecule has 0 aliphatic rings. The highest BCUT2D eigenvalue weighted by molar-refractivity contribution is 14.1. The van der Waals surface area contributed by atoms with Crippen LogP contribution in [0.4, 0.5) is 4.79 Å². The van der Waals surface area contributed by atoms with Crippen molar-refractivity contribution < 1.29 is 14.6 Å². The van der Waals surface area contributed by atoms with Gasteiger partial charge >= 0.3 is 6.16 Å². The summed E-state index contributed by atoms with van der Waals surface area (Å²) in [7, 11) is 0. The Kier molecular flexibility index (Phi) is 3.59. The first-order valence-electron chi connectivity index (χ1n) is 1.83. The molecule has 0 saturated heterocycles. The molecule has 1 unspecified atom stereocenters. The second-order valence-corrected chi connectivity index (χ2v) is 2.20. The summed E-state index contributed by atoms with van der Waals surface area (Å²) < 4.78 is 3.74. The third kappa shape index (κ3) is 3.91. The van der Waals surface area contributed by atoms with Crippen molar-refractivity contribution in [1.82, 2.24) is 0 Å². The monoisotopic (exact) mass is 228 g/mol. The number of hydrogen-bond acceptors (Lipinski definition) is 2. The fourth-order valence-electron chi connectivity index (χ4n) is 0.144. The summed E-state index contributed by atoms with van der Waals surface area (Å²) in [5.41, 5.74) is 0. The summed E-state index contributed by atoms with van der Waals surface area (Å²) in [6.45, 7) is 3.32. The molecule has 1 atom stereocenters. The predicted octanol–water partition coefficient (Wildman–Crippen LogP) is 1.63. The van der Waals surface area contributed by atoms with Gasteiger partial charge in [0, 0.05) is 0 Å². The van der Waals surface area contributed by atoms with Crippen LogP contribution in [0, 0.1) is 0 Å². The Morgan fingerprint density at radius 3 is 2.62 bits per heavy atom. The number of carboxylic acid groups (broad SMARTS) is 1. The van der Waals surface area contributed by atoms with Crippen LogP contribution in [-0.2, 0) is 4.74 Å². The second kappa shape index (κ2) is 3.71. The van der Waals surface area contributed by atoms with Crippen molar-refractivity contribution in [1.29, 1.82) is 0 Å². The van der Waals surface area contributed by atoms with Gasteiger partial charge in [-0.3, -0.25) is 0 Å². The maximum atomic E-state index is 9.69. The summed E-state index contributed by atoms with van der Waals surface area (Å²) in [5, 5.41) is 7.94. The molecule has 0 aromatic heterocycles. The Bertz CT molecular complexity index is 101. The topological polar surface area (TPSA) is 46.5 Å². The molecule has 0 aliphatic carbocycles. The second-order valence-electron chi connectivity index (χ2n) is 0.971. The van der Waals surface area contributed by atoms with Crippen molar-refractivity contribution >= 4 is 28.7 Å². The van der Waals surface area contributed by atoms with E-state index in [4.69, 9.17) is 5.11 Å². The zero-order chi connectivity index (χ0) is 6.57. The molecule has 0 spiro atoms. The minimum absolute atomic E-state index is 0.440. The van der Waals surface area contributed by atoms with Crippen molar-refractivity contribution in [3.8, 4) is 0 Å². The van der Waals surface area contributed by atoms with Crippen molar-refractivity contribution in [2.75, 3.05) is 0 Å². The van der Waals surface area contributed by atoms with E-state index in [-0.39, 0.29) is 0 Å². The van der Waals surface area contributed by atoms with Crippen LogP contribution in [0.25, 0.3) is 0 Å². The zero-order valence-electron chi connectivity index (χ0n) is 4.00. The van der Waals surface area contributed by atoms with Crippen LogP contribution in [0.2, 0.25) is 0 Å². The lowest BCUT2D eigenvalue weighted by atomic mass is 10.7. The molecular formula is C4H5IO3. The molecule has 1 N–H and O–H groups in total. The fourth-order valence-corrected chi connectivity index (χ4v) is 0.362. The van der Waals surface area contributed by atoms with Crippen LogP contribution < -0.4 is 0 Å². The van der Waals surface area contributed by atoms with Crippen LogP contribution in [0.3, 0.4) is 0 Å². The number of alkyl halides is 1. The van der Waals surface area contributed by atoms with Crippen molar-refractivity contribution in [2.24, 2.45) is 0 Å². The molecular weight excluding hydrogens is 223 g/mol. The van der Waals surface area contributed by atoms with E-state index in [0.29, 0.717) is 0 Å². The van der Waals surface area contributed by atoms with E-state index in [1.54, 1.807) is 22.6 Å². The number of carbonyl (C=O) groups is 1. The molecule has 0 amide bonds. The Hall–Kier alpha value is -0.260. The number of hydrogen-bond donors (Lipinski definition) is 1. The number of ether oxygens (including phenoxy) is 1. The SMILES string of the molecule is C=CC(I)OC(=O)O. The van der Waals surface area contributed by atoms with Gasteiger partial charge in [0.1, 0.15) is 0 Å². The van der Waals surface area contributed by atoms with Gasteiger partial charge in [0.25, 0.3) is 0 Å². The van der Waals surface area contributed by atoms with Gasteiger partial charge in [0.05, 0.1) is 0 Å². The van der Waals surface area contributed by atoms with Crippen LogP contribution in [-0.4, -0.2) is 15.4 Å². The van der Waals surface area contributed by atoms with E-state index in [1.807, 2.05) is 0 Å². The summed E-state index contributed by atoms with van der Waals surface area (Å²) in [4.78, 5) is 9.69. The normalized spacial score (nSPS) is 12.1. The quantitative estimate of drug-likeness (QED) is 0.338. The maximum Gasteiger partial charge on any atom is 0.507 e. The van der Waals surface area contributed by atoms with Gasteiger partial charge in [-0.05, 0) is 28.7 Å². The first-order chi connectivity index (χ1) is 3.66. The summed E-state index contributed by atoms with van der Waals surface area (Å²) in [6, 6.07) is 0. The smallest absolute Gasteiger partial charge is 0.450 e.